The number of rotatable bonds is 4. The van der Waals surface area contributed by atoms with Gasteiger partial charge in [-0.25, -0.2) is 9.67 Å². The van der Waals surface area contributed by atoms with Gasteiger partial charge in [0.15, 0.2) is 5.82 Å². The van der Waals surface area contributed by atoms with Crippen LogP contribution in [0.5, 0.6) is 0 Å². The van der Waals surface area contributed by atoms with Crippen molar-refractivity contribution in [1.82, 2.24) is 25.4 Å². The number of hydrogen-bond donors (Lipinski definition) is 2. The summed E-state index contributed by atoms with van der Waals surface area (Å²) in [7, 11) is 0. The molecule has 0 bridgehead atoms. The fourth-order valence-electron chi connectivity index (χ4n) is 3.07. The van der Waals surface area contributed by atoms with Crippen LogP contribution in [0.2, 0.25) is 0 Å². The number of amides is 1. The lowest BCUT2D eigenvalue weighted by Crippen LogP contribution is -2.52. The summed E-state index contributed by atoms with van der Waals surface area (Å²) in [5.41, 5.74) is 1.52. The second-order valence-corrected chi connectivity index (χ2v) is 5.92. The molecule has 2 aromatic heterocycles. The van der Waals surface area contributed by atoms with E-state index in [0.29, 0.717) is 11.6 Å². The number of pyridine rings is 1. The van der Waals surface area contributed by atoms with Gasteiger partial charge in [-0.1, -0.05) is 13.0 Å². The van der Waals surface area contributed by atoms with Crippen molar-refractivity contribution in [1.29, 1.82) is 0 Å². The molecule has 1 aliphatic rings. The third kappa shape index (κ3) is 3.27. The number of hydrogen-bond acceptors (Lipinski definition) is 4. The summed E-state index contributed by atoms with van der Waals surface area (Å²) in [6, 6.07) is 6.13. The van der Waals surface area contributed by atoms with Gasteiger partial charge in [-0.2, -0.15) is 5.10 Å². The minimum atomic E-state index is -0.0513. The Labute approximate surface area is 136 Å². The van der Waals surface area contributed by atoms with Gasteiger partial charge in [-0.05, 0) is 44.9 Å². The van der Waals surface area contributed by atoms with Gasteiger partial charge in [0, 0.05) is 18.3 Å². The molecule has 1 amide bonds. The first-order valence-corrected chi connectivity index (χ1v) is 8.23. The van der Waals surface area contributed by atoms with Crippen LogP contribution in [0, 0.1) is 0 Å². The van der Waals surface area contributed by atoms with E-state index in [1.54, 1.807) is 17.1 Å². The van der Waals surface area contributed by atoms with Crippen molar-refractivity contribution in [3.8, 4) is 5.82 Å². The zero-order valence-electron chi connectivity index (χ0n) is 13.6. The molecule has 2 unspecified atom stereocenters. The predicted octanol–water partition coefficient (Wildman–Crippen LogP) is 1.70. The topological polar surface area (TPSA) is 71.8 Å². The van der Waals surface area contributed by atoms with Crippen molar-refractivity contribution in [2.24, 2.45) is 0 Å². The van der Waals surface area contributed by atoms with Crippen LogP contribution in [-0.4, -0.2) is 39.3 Å². The van der Waals surface area contributed by atoms with Gasteiger partial charge in [0.25, 0.3) is 5.91 Å². The smallest absolute Gasteiger partial charge is 0.255 e. The van der Waals surface area contributed by atoms with Gasteiger partial charge in [0.2, 0.25) is 0 Å². The average molecular weight is 313 g/mol. The van der Waals surface area contributed by atoms with E-state index in [9.17, 15) is 4.79 Å². The Hall–Kier alpha value is -2.21. The standard InChI is InChI=1S/C17H23N5O/c1-3-15-13(11-20-22(15)16-8-4-5-9-19-16)17(23)21-14-7-6-10-18-12(14)2/h4-5,8-9,11-12,14,18H,3,6-7,10H2,1-2H3,(H,21,23). The van der Waals surface area contributed by atoms with E-state index < -0.39 is 0 Å². The number of nitrogens with zero attached hydrogens (tertiary/aromatic N) is 3. The summed E-state index contributed by atoms with van der Waals surface area (Å²) in [6.45, 7) is 5.16. The molecule has 122 valence electrons. The molecule has 2 N–H and O–H groups in total. The fraction of sp³-hybridized carbons (Fsp3) is 0.471. The molecule has 3 rings (SSSR count). The minimum absolute atomic E-state index is 0.0513. The number of piperidine rings is 1. The van der Waals surface area contributed by atoms with Crippen molar-refractivity contribution in [2.45, 2.75) is 45.2 Å². The first kappa shape index (κ1) is 15.7. The van der Waals surface area contributed by atoms with Crippen LogP contribution in [0.25, 0.3) is 5.82 Å². The molecule has 1 saturated heterocycles. The van der Waals surface area contributed by atoms with E-state index in [4.69, 9.17) is 0 Å². The summed E-state index contributed by atoms with van der Waals surface area (Å²) in [5, 5.41) is 10.9. The molecule has 0 aliphatic carbocycles. The maximum atomic E-state index is 12.7. The van der Waals surface area contributed by atoms with Crippen LogP contribution in [-0.2, 0) is 6.42 Å². The van der Waals surface area contributed by atoms with Crippen molar-refractivity contribution < 1.29 is 4.79 Å². The predicted molar refractivity (Wildman–Crippen MR) is 88.7 cm³/mol. The van der Waals surface area contributed by atoms with Crippen LogP contribution >= 0.6 is 0 Å². The Balaban J connectivity index is 1.82. The number of nitrogens with one attached hydrogen (secondary N) is 2. The molecule has 0 aromatic carbocycles. The van der Waals surface area contributed by atoms with Crippen molar-refractivity contribution in [2.75, 3.05) is 6.54 Å². The maximum absolute atomic E-state index is 12.7. The number of carbonyl (C=O) groups is 1. The van der Waals surface area contributed by atoms with Crippen LogP contribution in [0.3, 0.4) is 0 Å². The zero-order chi connectivity index (χ0) is 16.2. The van der Waals surface area contributed by atoms with Crippen molar-refractivity contribution in [3.63, 3.8) is 0 Å². The molecule has 0 spiro atoms. The van der Waals surface area contributed by atoms with Crippen LogP contribution in [0.4, 0.5) is 0 Å². The molecular formula is C17H23N5O. The third-order valence-corrected chi connectivity index (χ3v) is 4.39. The highest BCUT2D eigenvalue weighted by Crippen LogP contribution is 2.16. The van der Waals surface area contributed by atoms with Crippen molar-refractivity contribution in [3.05, 3.63) is 41.9 Å². The van der Waals surface area contributed by atoms with E-state index in [-0.39, 0.29) is 11.9 Å². The molecule has 2 aromatic rings. The van der Waals surface area contributed by atoms with Gasteiger partial charge in [-0.15, -0.1) is 0 Å². The minimum Gasteiger partial charge on any atom is -0.348 e. The quantitative estimate of drug-likeness (QED) is 0.901. The molecule has 23 heavy (non-hydrogen) atoms. The summed E-state index contributed by atoms with van der Waals surface area (Å²) in [6.07, 6.45) is 6.19. The molecule has 0 radical (unpaired) electrons. The molecule has 6 heteroatoms. The number of carbonyl (C=O) groups excluding carboxylic acids is 1. The Kier molecular flexibility index (Phi) is 4.71. The van der Waals surface area contributed by atoms with E-state index in [1.807, 2.05) is 25.1 Å². The van der Waals surface area contributed by atoms with Gasteiger partial charge >= 0.3 is 0 Å². The second-order valence-electron chi connectivity index (χ2n) is 5.92. The number of aromatic nitrogens is 3. The zero-order valence-corrected chi connectivity index (χ0v) is 13.6. The van der Waals surface area contributed by atoms with E-state index in [0.717, 1.165) is 37.3 Å². The lowest BCUT2D eigenvalue weighted by atomic mass is 9.99. The van der Waals surface area contributed by atoms with Crippen LogP contribution in [0.1, 0.15) is 42.7 Å². The second kappa shape index (κ2) is 6.91. The summed E-state index contributed by atoms with van der Waals surface area (Å²) < 4.78 is 1.75. The van der Waals surface area contributed by atoms with Crippen LogP contribution in [0.15, 0.2) is 30.6 Å². The molecule has 6 nitrogen and oxygen atoms in total. The van der Waals surface area contributed by atoms with E-state index >= 15 is 0 Å². The maximum Gasteiger partial charge on any atom is 0.255 e. The fourth-order valence-corrected chi connectivity index (χ4v) is 3.07. The molecule has 2 atom stereocenters. The van der Waals surface area contributed by atoms with Gasteiger partial charge in [0.05, 0.1) is 17.5 Å². The Morgan fingerprint density at radius 3 is 3.04 bits per heavy atom. The highest BCUT2D eigenvalue weighted by molar-refractivity contribution is 5.95. The Morgan fingerprint density at radius 1 is 1.48 bits per heavy atom. The SMILES string of the molecule is CCc1c(C(=O)NC2CCCNC2C)cnn1-c1ccccn1. The summed E-state index contributed by atoms with van der Waals surface area (Å²) in [4.78, 5) is 17.0. The Morgan fingerprint density at radius 2 is 2.35 bits per heavy atom. The van der Waals surface area contributed by atoms with Crippen LogP contribution < -0.4 is 10.6 Å². The van der Waals surface area contributed by atoms with Crippen molar-refractivity contribution >= 4 is 5.91 Å². The molecule has 1 fully saturated rings. The largest absolute Gasteiger partial charge is 0.348 e. The summed E-state index contributed by atoms with van der Waals surface area (Å²) in [5.74, 6) is 0.681. The Bertz CT molecular complexity index is 667. The van der Waals surface area contributed by atoms with E-state index in [2.05, 4.69) is 27.6 Å². The average Bonchev–Trinajstić information content (AvgIpc) is 3.02. The normalized spacial score (nSPS) is 21.1. The highest BCUT2D eigenvalue weighted by Gasteiger charge is 2.25. The highest BCUT2D eigenvalue weighted by atomic mass is 16.1. The summed E-state index contributed by atoms with van der Waals surface area (Å²) >= 11 is 0. The van der Waals surface area contributed by atoms with E-state index in [1.165, 1.54) is 0 Å². The van der Waals surface area contributed by atoms with Gasteiger partial charge in [-0.3, -0.25) is 4.79 Å². The first-order chi connectivity index (χ1) is 11.2. The molecule has 0 saturated carbocycles. The first-order valence-electron chi connectivity index (χ1n) is 8.23. The molecule has 1 aliphatic heterocycles. The molecular weight excluding hydrogens is 290 g/mol. The lowest BCUT2D eigenvalue weighted by Gasteiger charge is -2.30. The lowest BCUT2D eigenvalue weighted by molar-refractivity contribution is 0.0919. The third-order valence-electron chi connectivity index (χ3n) is 4.39. The monoisotopic (exact) mass is 313 g/mol. The van der Waals surface area contributed by atoms with Gasteiger partial charge in [0.1, 0.15) is 0 Å². The van der Waals surface area contributed by atoms with Gasteiger partial charge < -0.3 is 10.6 Å². The molecule has 3 heterocycles.